The topological polar surface area (TPSA) is 91.4 Å². The van der Waals surface area contributed by atoms with Crippen LogP contribution in [0.1, 0.15) is 12.8 Å². The number of pyridine rings is 1. The largest absolute Gasteiger partial charge is 0.366 e. The SMILES string of the molecule is CNC(=O)CN1CCC(Nc2ncccc2S(C)(=O)=O)CC1. The standard InChI is InChI=1S/C14H22N4O3S/c1-15-13(19)10-18-8-5-11(6-9-18)17-14-12(22(2,20)21)4-3-7-16-14/h3-4,7,11H,5-6,8-10H2,1-2H3,(H,15,19)(H,16,17). The molecule has 1 aromatic rings. The summed E-state index contributed by atoms with van der Waals surface area (Å²) >= 11 is 0. The molecule has 1 fully saturated rings. The van der Waals surface area contributed by atoms with Gasteiger partial charge in [0.25, 0.3) is 0 Å². The van der Waals surface area contributed by atoms with Gasteiger partial charge < -0.3 is 10.6 Å². The Balaban J connectivity index is 1.96. The lowest BCUT2D eigenvalue weighted by molar-refractivity contribution is -0.122. The zero-order valence-corrected chi connectivity index (χ0v) is 13.7. The van der Waals surface area contributed by atoms with Crippen LogP contribution in [-0.2, 0) is 14.6 Å². The second-order valence-corrected chi connectivity index (χ2v) is 7.47. The molecule has 1 saturated heterocycles. The van der Waals surface area contributed by atoms with Gasteiger partial charge in [-0.2, -0.15) is 0 Å². The normalized spacial score (nSPS) is 17.2. The first kappa shape index (κ1) is 16.7. The van der Waals surface area contributed by atoms with E-state index in [-0.39, 0.29) is 16.8 Å². The molecule has 1 amide bonds. The molecule has 122 valence electrons. The summed E-state index contributed by atoms with van der Waals surface area (Å²) in [6.45, 7) is 2.00. The summed E-state index contributed by atoms with van der Waals surface area (Å²) in [6, 6.07) is 3.34. The highest BCUT2D eigenvalue weighted by atomic mass is 32.2. The van der Waals surface area contributed by atoms with Gasteiger partial charge in [0.05, 0.1) is 6.54 Å². The van der Waals surface area contributed by atoms with E-state index in [0.717, 1.165) is 25.9 Å². The first-order chi connectivity index (χ1) is 10.4. The molecule has 2 N–H and O–H groups in total. The van der Waals surface area contributed by atoms with Crippen LogP contribution in [0.3, 0.4) is 0 Å². The van der Waals surface area contributed by atoms with Crippen molar-refractivity contribution in [3.63, 3.8) is 0 Å². The molecular formula is C14H22N4O3S. The number of amides is 1. The Bertz CT molecular complexity index is 625. The van der Waals surface area contributed by atoms with Crippen molar-refractivity contribution in [1.29, 1.82) is 0 Å². The van der Waals surface area contributed by atoms with Gasteiger partial charge >= 0.3 is 0 Å². The Labute approximate surface area is 131 Å². The van der Waals surface area contributed by atoms with Crippen molar-refractivity contribution >= 4 is 21.6 Å². The highest BCUT2D eigenvalue weighted by molar-refractivity contribution is 7.90. The number of likely N-dealkylation sites (N-methyl/N-ethyl adjacent to an activating group) is 1. The first-order valence-electron chi connectivity index (χ1n) is 7.24. The third kappa shape index (κ3) is 4.41. The van der Waals surface area contributed by atoms with Crippen LogP contribution in [0.4, 0.5) is 5.82 Å². The fourth-order valence-corrected chi connectivity index (χ4v) is 3.30. The Morgan fingerprint density at radius 1 is 1.41 bits per heavy atom. The molecule has 22 heavy (non-hydrogen) atoms. The lowest BCUT2D eigenvalue weighted by Crippen LogP contribution is -2.43. The smallest absolute Gasteiger partial charge is 0.233 e. The maximum absolute atomic E-state index is 11.8. The second kappa shape index (κ2) is 7.06. The predicted molar refractivity (Wildman–Crippen MR) is 84.5 cm³/mol. The number of nitrogens with zero attached hydrogens (tertiary/aromatic N) is 2. The molecule has 0 bridgehead atoms. The predicted octanol–water partition coefficient (Wildman–Crippen LogP) is 0.107. The number of aromatic nitrogens is 1. The number of piperidine rings is 1. The molecule has 0 spiro atoms. The summed E-state index contributed by atoms with van der Waals surface area (Å²) in [6.07, 6.45) is 4.45. The van der Waals surface area contributed by atoms with Crippen LogP contribution in [0, 0.1) is 0 Å². The third-order valence-electron chi connectivity index (χ3n) is 3.74. The number of rotatable bonds is 5. The summed E-state index contributed by atoms with van der Waals surface area (Å²) in [7, 11) is -1.67. The maximum atomic E-state index is 11.8. The number of nitrogens with one attached hydrogen (secondary N) is 2. The summed E-state index contributed by atoms with van der Waals surface area (Å²) < 4.78 is 23.5. The van der Waals surface area contributed by atoms with Crippen LogP contribution >= 0.6 is 0 Å². The average Bonchev–Trinajstić information content (AvgIpc) is 2.48. The third-order valence-corrected chi connectivity index (χ3v) is 4.87. The Hall–Kier alpha value is -1.67. The molecule has 1 aliphatic heterocycles. The van der Waals surface area contributed by atoms with Crippen LogP contribution in [0.25, 0.3) is 0 Å². The molecule has 0 saturated carbocycles. The molecule has 0 unspecified atom stereocenters. The molecule has 1 aromatic heterocycles. The van der Waals surface area contributed by atoms with E-state index in [1.807, 2.05) is 0 Å². The van der Waals surface area contributed by atoms with Crippen LogP contribution in [0.15, 0.2) is 23.2 Å². The molecule has 0 atom stereocenters. The van der Waals surface area contributed by atoms with Crippen molar-refractivity contribution < 1.29 is 13.2 Å². The lowest BCUT2D eigenvalue weighted by atomic mass is 10.1. The minimum absolute atomic E-state index is 0.00972. The number of hydrogen-bond donors (Lipinski definition) is 2. The van der Waals surface area contributed by atoms with Crippen molar-refractivity contribution in [2.75, 3.05) is 38.3 Å². The number of hydrogen-bond acceptors (Lipinski definition) is 6. The van der Waals surface area contributed by atoms with Crippen LogP contribution < -0.4 is 10.6 Å². The van der Waals surface area contributed by atoms with E-state index in [0.29, 0.717) is 12.4 Å². The number of anilines is 1. The quantitative estimate of drug-likeness (QED) is 0.798. The van der Waals surface area contributed by atoms with Crippen LogP contribution in [0.5, 0.6) is 0 Å². The van der Waals surface area contributed by atoms with Gasteiger partial charge in [-0.15, -0.1) is 0 Å². The minimum Gasteiger partial charge on any atom is -0.366 e. The molecule has 2 heterocycles. The first-order valence-corrected chi connectivity index (χ1v) is 9.14. The van der Waals surface area contributed by atoms with Crippen molar-refractivity contribution in [2.45, 2.75) is 23.8 Å². The van der Waals surface area contributed by atoms with Gasteiger partial charge in [-0.05, 0) is 25.0 Å². The molecule has 7 nitrogen and oxygen atoms in total. The van der Waals surface area contributed by atoms with Gasteiger partial charge in [-0.25, -0.2) is 13.4 Å². The maximum Gasteiger partial charge on any atom is 0.233 e. The summed E-state index contributed by atoms with van der Waals surface area (Å²) in [5.41, 5.74) is 0. The lowest BCUT2D eigenvalue weighted by Gasteiger charge is -2.32. The number of carbonyl (C=O) groups excluding carboxylic acids is 1. The summed E-state index contributed by atoms with van der Waals surface area (Å²) in [5.74, 6) is 0.422. The Kier molecular flexibility index (Phi) is 5.36. The van der Waals surface area contributed by atoms with Crippen molar-refractivity contribution in [2.24, 2.45) is 0 Å². The molecule has 8 heteroatoms. The van der Waals surface area contributed by atoms with Gasteiger partial charge in [0, 0.05) is 38.6 Å². The van der Waals surface area contributed by atoms with Gasteiger partial charge in [-0.1, -0.05) is 0 Å². The van der Waals surface area contributed by atoms with E-state index in [9.17, 15) is 13.2 Å². The summed E-state index contributed by atoms with van der Waals surface area (Å²) in [5, 5.41) is 5.84. The van der Waals surface area contributed by atoms with E-state index in [4.69, 9.17) is 0 Å². The van der Waals surface area contributed by atoms with Crippen molar-refractivity contribution in [3.8, 4) is 0 Å². The number of sulfone groups is 1. The fourth-order valence-electron chi connectivity index (χ4n) is 2.51. The van der Waals surface area contributed by atoms with Gasteiger partial charge in [-0.3, -0.25) is 9.69 Å². The molecule has 0 aromatic carbocycles. The van der Waals surface area contributed by atoms with E-state index in [1.165, 1.54) is 6.26 Å². The Morgan fingerprint density at radius 2 is 2.09 bits per heavy atom. The zero-order valence-electron chi connectivity index (χ0n) is 12.9. The summed E-state index contributed by atoms with van der Waals surface area (Å²) in [4.78, 5) is 17.8. The van der Waals surface area contributed by atoms with E-state index >= 15 is 0 Å². The molecule has 0 aliphatic carbocycles. The van der Waals surface area contributed by atoms with Crippen LogP contribution in [-0.4, -0.2) is 63.2 Å². The molecular weight excluding hydrogens is 304 g/mol. The average molecular weight is 326 g/mol. The zero-order chi connectivity index (χ0) is 16.2. The monoisotopic (exact) mass is 326 g/mol. The molecule has 1 aliphatic rings. The number of carbonyl (C=O) groups is 1. The molecule has 0 radical (unpaired) electrons. The molecule has 2 rings (SSSR count). The van der Waals surface area contributed by atoms with Crippen molar-refractivity contribution in [3.05, 3.63) is 18.3 Å². The van der Waals surface area contributed by atoms with Crippen molar-refractivity contribution in [1.82, 2.24) is 15.2 Å². The Morgan fingerprint density at radius 3 is 2.68 bits per heavy atom. The van der Waals surface area contributed by atoms with Gasteiger partial charge in [0.2, 0.25) is 5.91 Å². The van der Waals surface area contributed by atoms with E-state index in [1.54, 1.807) is 25.4 Å². The van der Waals surface area contributed by atoms with Gasteiger partial charge in [0.15, 0.2) is 9.84 Å². The minimum atomic E-state index is -3.30. The van der Waals surface area contributed by atoms with E-state index < -0.39 is 9.84 Å². The van der Waals surface area contributed by atoms with Gasteiger partial charge in [0.1, 0.15) is 10.7 Å². The fraction of sp³-hybridized carbons (Fsp3) is 0.571. The second-order valence-electron chi connectivity index (χ2n) is 5.49. The van der Waals surface area contributed by atoms with E-state index in [2.05, 4.69) is 20.5 Å². The highest BCUT2D eigenvalue weighted by Gasteiger charge is 2.22. The number of likely N-dealkylation sites (tertiary alicyclic amines) is 1. The highest BCUT2D eigenvalue weighted by Crippen LogP contribution is 2.21. The van der Waals surface area contributed by atoms with Crippen LogP contribution in [0.2, 0.25) is 0 Å².